The Bertz CT molecular complexity index is 1950. The van der Waals surface area contributed by atoms with Gasteiger partial charge in [0, 0.05) is 56.1 Å². The lowest BCUT2D eigenvalue weighted by atomic mass is 10.1. The molecule has 7 rings (SSSR count). The first-order valence-corrected chi connectivity index (χ1v) is 17.4. The van der Waals surface area contributed by atoms with Crippen LogP contribution in [0.25, 0.3) is 11.3 Å². The number of nitrogens with zero attached hydrogens (tertiary/aromatic N) is 5. The van der Waals surface area contributed by atoms with Crippen LogP contribution in [0.2, 0.25) is 0 Å². The Balaban J connectivity index is 0.00000464. The van der Waals surface area contributed by atoms with Crippen molar-refractivity contribution in [3.8, 4) is 40.1 Å². The lowest BCUT2D eigenvalue weighted by Crippen LogP contribution is -2.53. The third-order valence-corrected chi connectivity index (χ3v) is 8.70. The lowest BCUT2D eigenvalue weighted by Gasteiger charge is -2.36. The Hall–Kier alpha value is -5.30. The van der Waals surface area contributed by atoms with Gasteiger partial charge in [-0.15, -0.1) is 17.0 Å². The van der Waals surface area contributed by atoms with Gasteiger partial charge in [0.05, 0.1) is 18.8 Å². The second-order valence-corrected chi connectivity index (χ2v) is 12.3. The highest BCUT2D eigenvalue weighted by Gasteiger charge is 2.23. The van der Waals surface area contributed by atoms with Crippen LogP contribution in [0, 0.1) is 5.82 Å². The number of aromatic nitrogens is 3. The van der Waals surface area contributed by atoms with Crippen LogP contribution in [0.1, 0.15) is 24.5 Å². The number of anilines is 1. The molecular formula is C39H43BrFN7O4. The quantitative estimate of drug-likeness (QED) is 0.102. The van der Waals surface area contributed by atoms with E-state index in [2.05, 4.69) is 43.3 Å². The fraction of sp³-hybridized carbons (Fsp3) is 0.308. The van der Waals surface area contributed by atoms with E-state index in [0.717, 1.165) is 73.4 Å². The molecule has 0 atom stereocenters. The average Bonchev–Trinajstić information content (AvgIpc) is 3.67. The van der Waals surface area contributed by atoms with Crippen LogP contribution in [0.15, 0.2) is 96.1 Å². The molecule has 2 aromatic heterocycles. The van der Waals surface area contributed by atoms with E-state index in [-0.39, 0.29) is 22.8 Å². The van der Waals surface area contributed by atoms with E-state index in [9.17, 15) is 4.39 Å². The summed E-state index contributed by atoms with van der Waals surface area (Å²) in [5.74, 6) is 4.64. The Morgan fingerprint density at radius 2 is 1.71 bits per heavy atom. The van der Waals surface area contributed by atoms with Crippen LogP contribution in [-0.2, 0) is 13.0 Å². The Labute approximate surface area is 313 Å². The van der Waals surface area contributed by atoms with Crippen molar-refractivity contribution < 1.29 is 23.3 Å². The van der Waals surface area contributed by atoms with Crippen LogP contribution < -0.4 is 29.2 Å². The van der Waals surface area contributed by atoms with E-state index >= 15 is 0 Å². The third-order valence-electron chi connectivity index (χ3n) is 8.70. The van der Waals surface area contributed by atoms with E-state index in [1.54, 1.807) is 18.3 Å². The highest BCUT2D eigenvalue weighted by Crippen LogP contribution is 2.33. The molecule has 5 aromatic rings. The van der Waals surface area contributed by atoms with E-state index in [1.165, 1.54) is 6.07 Å². The number of fused-ring (bicyclic) bond motifs is 1. The number of H-pyrrole nitrogens is 1. The summed E-state index contributed by atoms with van der Waals surface area (Å²) in [6.45, 7) is 7.70. The van der Waals surface area contributed by atoms with Gasteiger partial charge in [-0.2, -0.15) is 5.10 Å². The molecule has 0 saturated carbocycles. The number of halogens is 2. The maximum atomic E-state index is 14.4. The zero-order chi connectivity index (χ0) is 34.8. The first-order chi connectivity index (χ1) is 25.1. The largest absolute Gasteiger partial charge is 0.490 e. The van der Waals surface area contributed by atoms with E-state index < -0.39 is 0 Å². The summed E-state index contributed by atoms with van der Waals surface area (Å²) in [7, 11) is 0. The number of aromatic amines is 1. The fourth-order valence-corrected chi connectivity index (χ4v) is 6.03. The van der Waals surface area contributed by atoms with E-state index in [1.807, 2.05) is 60.7 Å². The maximum absolute atomic E-state index is 14.4. The van der Waals surface area contributed by atoms with Crippen molar-refractivity contribution >= 4 is 28.8 Å². The smallest absolute Gasteiger partial charge is 0.224 e. The zero-order valence-electron chi connectivity index (χ0n) is 29.1. The number of aliphatic imine (C=N–C) groups is 1. The fourth-order valence-electron chi connectivity index (χ4n) is 6.03. The molecule has 0 amide bonds. The van der Waals surface area contributed by atoms with Gasteiger partial charge in [0.15, 0.2) is 34.8 Å². The zero-order valence-corrected chi connectivity index (χ0v) is 30.8. The van der Waals surface area contributed by atoms with Crippen molar-refractivity contribution in [1.29, 1.82) is 0 Å². The Kier molecular flexibility index (Phi) is 12.5. The molecule has 4 heterocycles. The first-order valence-electron chi connectivity index (χ1n) is 17.4. The van der Waals surface area contributed by atoms with Gasteiger partial charge >= 0.3 is 0 Å². The molecule has 0 aliphatic carbocycles. The third kappa shape index (κ3) is 8.94. The maximum Gasteiger partial charge on any atom is 0.224 e. The number of nitrogens with one attached hydrogen (secondary N) is 2. The molecule has 272 valence electrons. The molecular weight excluding hydrogens is 729 g/mol. The molecule has 0 unspecified atom stereocenters. The highest BCUT2D eigenvalue weighted by molar-refractivity contribution is 8.93. The van der Waals surface area contributed by atoms with Gasteiger partial charge < -0.3 is 34.1 Å². The normalized spacial score (nSPS) is 14.1. The van der Waals surface area contributed by atoms with Crippen molar-refractivity contribution in [1.82, 2.24) is 25.4 Å². The molecule has 0 bridgehead atoms. The highest BCUT2D eigenvalue weighted by atomic mass is 79.9. The predicted molar refractivity (Wildman–Crippen MR) is 205 cm³/mol. The molecule has 52 heavy (non-hydrogen) atoms. The van der Waals surface area contributed by atoms with Gasteiger partial charge in [0.1, 0.15) is 19.0 Å². The predicted octanol–water partition coefficient (Wildman–Crippen LogP) is 7.05. The van der Waals surface area contributed by atoms with Crippen molar-refractivity contribution in [3.05, 3.63) is 108 Å². The monoisotopic (exact) mass is 771 g/mol. The van der Waals surface area contributed by atoms with Gasteiger partial charge in [0.2, 0.25) is 5.88 Å². The van der Waals surface area contributed by atoms with Crippen LogP contribution in [-0.4, -0.2) is 78.6 Å². The van der Waals surface area contributed by atoms with Gasteiger partial charge in [0.25, 0.3) is 0 Å². The minimum Gasteiger partial charge on any atom is -0.490 e. The topological polar surface area (TPSA) is 109 Å². The molecule has 2 aliphatic rings. The van der Waals surface area contributed by atoms with E-state index in [0.29, 0.717) is 61.5 Å². The SMILES string of the molecule is Br.CCCOc1ccccc1Oc1ncccc1CN=C(NCCc1ccc2c(c1)OCCO2)N1CCN(c2cc(-c3ccccc3F)[nH]n2)CC1. The number of para-hydroxylation sites is 2. The van der Waals surface area contributed by atoms with Crippen LogP contribution >= 0.6 is 17.0 Å². The number of guanidine groups is 1. The number of hydrogen-bond donors (Lipinski definition) is 2. The molecule has 0 radical (unpaired) electrons. The van der Waals surface area contributed by atoms with Crippen LogP contribution in [0.3, 0.4) is 0 Å². The van der Waals surface area contributed by atoms with Crippen LogP contribution in [0.4, 0.5) is 10.2 Å². The lowest BCUT2D eigenvalue weighted by molar-refractivity contribution is 0.171. The number of benzene rings is 3. The van der Waals surface area contributed by atoms with Gasteiger partial charge in [-0.25, -0.2) is 14.4 Å². The van der Waals surface area contributed by atoms with Crippen molar-refractivity contribution in [3.63, 3.8) is 0 Å². The van der Waals surface area contributed by atoms with Gasteiger partial charge in [-0.1, -0.05) is 43.3 Å². The number of ether oxygens (including phenoxy) is 4. The second kappa shape index (κ2) is 17.8. The number of hydrogen-bond acceptors (Lipinski definition) is 8. The average molecular weight is 773 g/mol. The summed E-state index contributed by atoms with van der Waals surface area (Å²) in [6, 6.07) is 26.2. The van der Waals surface area contributed by atoms with Crippen molar-refractivity contribution in [2.45, 2.75) is 26.3 Å². The summed E-state index contributed by atoms with van der Waals surface area (Å²) >= 11 is 0. The molecule has 11 nitrogen and oxygen atoms in total. The van der Waals surface area contributed by atoms with E-state index in [4.69, 9.17) is 23.9 Å². The molecule has 0 spiro atoms. The molecule has 1 fully saturated rings. The first kappa shape index (κ1) is 36.5. The summed E-state index contributed by atoms with van der Waals surface area (Å²) in [5, 5.41) is 11.1. The van der Waals surface area contributed by atoms with Crippen molar-refractivity contribution in [2.24, 2.45) is 4.99 Å². The second-order valence-electron chi connectivity index (χ2n) is 12.3. The molecule has 2 N–H and O–H groups in total. The minimum atomic E-state index is -0.281. The number of pyridine rings is 1. The summed E-state index contributed by atoms with van der Waals surface area (Å²) in [6.07, 6.45) is 3.39. The summed E-state index contributed by atoms with van der Waals surface area (Å²) in [4.78, 5) is 14.1. The number of rotatable bonds is 12. The van der Waals surface area contributed by atoms with Gasteiger partial charge in [-0.3, -0.25) is 5.10 Å². The van der Waals surface area contributed by atoms with Crippen LogP contribution in [0.5, 0.6) is 28.9 Å². The van der Waals surface area contributed by atoms with Gasteiger partial charge in [-0.05, 0) is 60.9 Å². The van der Waals surface area contributed by atoms with Crippen molar-refractivity contribution in [2.75, 3.05) is 57.4 Å². The minimum absolute atomic E-state index is 0. The molecule has 3 aromatic carbocycles. The molecule has 2 aliphatic heterocycles. The summed E-state index contributed by atoms with van der Waals surface area (Å²) in [5.41, 5.74) is 3.15. The standard InChI is InChI=1S/C39H42FN7O4.BrH/c1-2-22-48-33-11-5-6-12-35(33)51-38-29(8-7-16-41-38)27-43-39(42-17-15-28-13-14-34-36(25-28)50-24-23-49-34)47-20-18-46(19-21-47)37-26-32(44-45-37)30-9-3-4-10-31(30)40;/h3-14,16,25-26H,2,15,17-24,27H2,1H3,(H,42,43)(H,44,45);1H. The molecule has 1 saturated heterocycles. The summed E-state index contributed by atoms with van der Waals surface area (Å²) < 4.78 is 38.1. The Morgan fingerprint density at radius 3 is 2.54 bits per heavy atom. The number of piperazine rings is 1. The Morgan fingerprint density at radius 1 is 0.923 bits per heavy atom. The molecule has 13 heteroatoms.